The zero-order chi connectivity index (χ0) is 23.4. The molecule has 0 spiro atoms. The lowest BCUT2D eigenvalue weighted by atomic mass is 9.94. The summed E-state index contributed by atoms with van der Waals surface area (Å²) >= 11 is 0. The van der Waals surface area contributed by atoms with Crippen molar-refractivity contribution in [3.63, 3.8) is 0 Å². The summed E-state index contributed by atoms with van der Waals surface area (Å²) in [7, 11) is -4.62. The van der Waals surface area contributed by atoms with Crippen LogP contribution in [0.15, 0.2) is 30.0 Å². The van der Waals surface area contributed by atoms with Crippen LogP contribution in [0.2, 0.25) is 0 Å². The van der Waals surface area contributed by atoms with Gasteiger partial charge in [-0.05, 0) is 30.7 Å². The molecule has 3 rings (SSSR count). The first kappa shape index (κ1) is 22.7. The molecule has 0 bridgehead atoms. The molecule has 7 nitrogen and oxygen atoms in total. The van der Waals surface area contributed by atoms with Gasteiger partial charge in [-0.1, -0.05) is 0 Å². The van der Waals surface area contributed by atoms with Crippen LogP contribution >= 0.6 is 0 Å². The van der Waals surface area contributed by atoms with Gasteiger partial charge in [-0.3, -0.25) is 4.90 Å². The predicted octanol–water partition coefficient (Wildman–Crippen LogP) is 3.73. The van der Waals surface area contributed by atoms with Crippen molar-refractivity contribution in [3.05, 3.63) is 41.2 Å². The number of nitrogens with zero attached hydrogens (tertiary/aromatic N) is 3. The number of amides is 2. The fraction of sp³-hybridized carbons (Fsp3) is 0.412. The van der Waals surface area contributed by atoms with E-state index in [0.29, 0.717) is 6.07 Å². The van der Waals surface area contributed by atoms with Crippen molar-refractivity contribution in [2.45, 2.75) is 36.6 Å². The zero-order valence-electron chi connectivity index (χ0n) is 15.5. The molecule has 31 heavy (non-hydrogen) atoms. The van der Waals surface area contributed by atoms with Crippen molar-refractivity contribution in [1.82, 2.24) is 4.90 Å². The first-order chi connectivity index (χ1) is 14.2. The fourth-order valence-corrected chi connectivity index (χ4v) is 4.03. The summed E-state index contributed by atoms with van der Waals surface area (Å²) in [6, 6.07) is 1.68. The van der Waals surface area contributed by atoms with Gasteiger partial charge in [0.1, 0.15) is 5.76 Å². The Morgan fingerprint density at radius 1 is 1.19 bits per heavy atom. The second kappa shape index (κ2) is 7.33. The number of hydrogen-bond acceptors (Lipinski definition) is 5. The number of benzene rings is 1. The van der Waals surface area contributed by atoms with E-state index >= 15 is 0 Å². The van der Waals surface area contributed by atoms with Crippen LogP contribution in [0, 0.1) is 11.3 Å². The van der Waals surface area contributed by atoms with Gasteiger partial charge in [0.2, 0.25) is 0 Å². The smallest absolute Gasteiger partial charge is 0.381 e. The Balaban J connectivity index is 1.96. The van der Waals surface area contributed by atoms with Crippen molar-refractivity contribution in [3.8, 4) is 6.07 Å². The second-order valence-corrected chi connectivity index (χ2v) is 8.35. The Hall–Kier alpha value is -2.95. The highest BCUT2D eigenvalue weighted by molar-refractivity contribution is 7.87. The molecule has 2 aliphatic rings. The number of nitriles is 1. The predicted molar refractivity (Wildman–Crippen MR) is 92.7 cm³/mol. The molecular weight excluding hydrogens is 456 g/mol. The summed E-state index contributed by atoms with van der Waals surface area (Å²) in [6.07, 6.45) is -4.18. The summed E-state index contributed by atoms with van der Waals surface area (Å²) in [5.41, 5.74) is -7.66. The lowest BCUT2D eigenvalue weighted by Crippen LogP contribution is -2.39. The number of rotatable bonds is 3. The molecule has 1 saturated heterocycles. The summed E-state index contributed by atoms with van der Waals surface area (Å²) in [5.74, 6) is -0.518. The van der Waals surface area contributed by atoms with Gasteiger partial charge in [-0.2, -0.15) is 40.0 Å². The Bertz CT molecular complexity index is 1090. The molecule has 2 amide bonds. The third kappa shape index (κ3) is 4.01. The number of halogens is 6. The fourth-order valence-electron chi connectivity index (χ4n) is 3.51. The Morgan fingerprint density at radius 2 is 1.84 bits per heavy atom. The number of anilines is 1. The number of likely N-dealkylation sites (N-methyl/N-ethyl adjacent to an activating group) is 1. The van der Waals surface area contributed by atoms with Gasteiger partial charge in [0, 0.05) is 19.2 Å². The monoisotopic (exact) mass is 469 g/mol. The Morgan fingerprint density at radius 3 is 2.39 bits per heavy atom. The van der Waals surface area contributed by atoms with Crippen LogP contribution in [0.5, 0.6) is 0 Å². The van der Waals surface area contributed by atoms with Gasteiger partial charge in [0.05, 0.1) is 29.3 Å². The van der Waals surface area contributed by atoms with Crippen LogP contribution in [-0.2, 0) is 20.5 Å². The van der Waals surface area contributed by atoms with Crippen LogP contribution in [-0.4, -0.2) is 44.0 Å². The third-order valence-corrected chi connectivity index (χ3v) is 5.93. The lowest BCUT2D eigenvalue weighted by Gasteiger charge is -2.30. The number of carbonyl (C=O) groups is 1. The van der Waals surface area contributed by atoms with E-state index in [1.807, 2.05) is 0 Å². The Labute approximate surface area is 172 Å². The minimum Gasteiger partial charge on any atom is -0.381 e. The molecular formula is C17H13F6N3O4S. The molecule has 0 radical (unpaired) electrons. The van der Waals surface area contributed by atoms with Crippen molar-refractivity contribution in [1.29, 1.82) is 5.26 Å². The molecule has 1 aliphatic heterocycles. The number of hydrogen-bond donors (Lipinski definition) is 0. The summed E-state index contributed by atoms with van der Waals surface area (Å²) in [6.45, 7) is 0. The highest BCUT2D eigenvalue weighted by Gasteiger charge is 2.51. The van der Waals surface area contributed by atoms with Gasteiger partial charge < -0.3 is 9.08 Å². The summed E-state index contributed by atoms with van der Waals surface area (Å²) in [5, 5.41) is 8.91. The van der Waals surface area contributed by atoms with E-state index in [9.17, 15) is 39.6 Å². The van der Waals surface area contributed by atoms with Crippen LogP contribution in [0.25, 0.3) is 0 Å². The van der Waals surface area contributed by atoms with Crippen LogP contribution in [0.1, 0.15) is 24.0 Å². The topological polar surface area (TPSA) is 90.7 Å². The van der Waals surface area contributed by atoms with Gasteiger partial charge in [0.25, 0.3) is 0 Å². The molecule has 168 valence electrons. The zero-order valence-corrected chi connectivity index (χ0v) is 16.3. The number of alkyl halides is 6. The maximum atomic E-state index is 13.3. The molecule has 1 aromatic rings. The van der Waals surface area contributed by atoms with Crippen LogP contribution in [0.3, 0.4) is 0 Å². The minimum atomic E-state index is -5.89. The van der Waals surface area contributed by atoms with Crippen molar-refractivity contribution < 1.29 is 43.7 Å². The van der Waals surface area contributed by atoms with E-state index in [-0.39, 0.29) is 18.5 Å². The first-order valence-electron chi connectivity index (χ1n) is 8.56. The van der Waals surface area contributed by atoms with E-state index in [4.69, 9.17) is 5.26 Å². The quantitative estimate of drug-likeness (QED) is 0.382. The van der Waals surface area contributed by atoms with Gasteiger partial charge in [0.15, 0.2) is 0 Å². The second-order valence-electron chi connectivity index (χ2n) is 6.82. The average Bonchev–Trinajstić information content (AvgIpc) is 2.90. The number of carbonyl (C=O) groups excluding carboxylic acids is 1. The van der Waals surface area contributed by atoms with E-state index in [0.717, 1.165) is 28.0 Å². The summed E-state index contributed by atoms with van der Waals surface area (Å²) < 4.78 is 104. The van der Waals surface area contributed by atoms with E-state index in [1.54, 1.807) is 0 Å². The molecule has 1 aromatic carbocycles. The SMILES string of the molecule is CN1C(=O)N(c2ccc(C#N)c(C(F)(F)F)c2)[C@@H]2CCC(OS(=O)(=O)C(F)(F)F)=C[C@H]21. The average molecular weight is 469 g/mol. The standard InChI is InChI=1S/C17H13F6N3O4S/c1-25-14-7-11(30-31(28,29)17(21,22)23)4-5-13(14)26(15(25)27)10-3-2-9(8-24)12(6-10)16(18,19)20/h2-3,6-7,13-14H,4-5H2,1H3/t13-,14-/m1/s1. The molecule has 0 N–H and O–H groups in total. The lowest BCUT2D eigenvalue weighted by molar-refractivity contribution is -0.137. The van der Waals surface area contributed by atoms with Crippen LogP contribution in [0.4, 0.5) is 36.8 Å². The van der Waals surface area contributed by atoms with Gasteiger partial charge >= 0.3 is 27.8 Å². The van der Waals surface area contributed by atoms with E-state index in [2.05, 4.69) is 4.18 Å². The maximum Gasteiger partial charge on any atom is 0.534 e. The Kier molecular flexibility index (Phi) is 5.37. The molecule has 0 aromatic heterocycles. The van der Waals surface area contributed by atoms with Gasteiger partial charge in [-0.25, -0.2) is 4.79 Å². The molecule has 2 atom stereocenters. The van der Waals surface area contributed by atoms with E-state index < -0.39 is 56.8 Å². The van der Waals surface area contributed by atoms with Crippen LogP contribution < -0.4 is 4.90 Å². The largest absolute Gasteiger partial charge is 0.534 e. The normalized spacial score (nSPS) is 22.1. The van der Waals surface area contributed by atoms with Gasteiger partial charge in [-0.15, -0.1) is 0 Å². The number of allylic oxidation sites excluding steroid dienone is 1. The summed E-state index contributed by atoms with van der Waals surface area (Å²) in [4.78, 5) is 14.8. The van der Waals surface area contributed by atoms with Crippen molar-refractivity contribution >= 4 is 21.8 Å². The third-order valence-electron chi connectivity index (χ3n) is 4.93. The highest BCUT2D eigenvalue weighted by Crippen LogP contribution is 2.40. The number of fused-ring (bicyclic) bond motifs is 1. The molecule has 1 heterocycles. The molecule has 1 fully saturated rings. The van der Waals surface area contributed by atoms with Crippen molar-refractivity contribution in [2.75, 3.05) is 11.9 Å². The molecule has 0 saturated carbocycles. The number of urea groups is 1. The molecule has 0 unspecified atom stereocenters. The van der Waals surface area contributed by atoms with Crippen molar-refractivity contribution in [2.24, 2.45) is 0 Å². The van der Waals surface area contributed by atoms with E-state index in [1.165, 1.54) is 13.1 Å². The molecule has 1 aliphatic carbocycles. The highest BCUT2D eigenvalue weighted by atomic mass is 32.2. The maximum absolute atomic E-state index is 13.3. The first-order valence-corrected chi connectivity index (χ1v) is 9.97. The minimum absolute atomic E-state index is 0.0681. The molecule has 14 heteroatoms.